The van der Waals surface area contributed by atoms with Crippen LogP contribution in [0.5, 0.6) is 0 Å². The van der Waals surface area contributed by atoms with Crippen LogP contribution in [0, 0.1) is 0 Å². The Kier molecular flexibility index (Phi) is 2.00. The Morgan fingerprint density at radius 1 is 1.15 bits per heavy atom. The maximum atomic E-state index is 8.91. The maximum Gasteiger partial charge on any atom is 0.488 e. The molecule has 1 aromatic carbocycles. The Bertz CT molecular complexity index is 431. The lowest BCUT2D eigenvalue weighted by molar-refractivity contribution is 0.426. The first-order chi connectivity index (χ1) is 6.27. The van der Waals surface area contributed by atoms with E-state index < -0.39 is 7.12 Å². The molecule has 2 N–H and O–H groups in total. The van der Waals surface area contributed by atoms with Crippen molar-refractivity contribution in [2.24, 2.45) is 0 Å². The van der Waals surface area contributed by atoms with Gasteiger partial charge in [-0.05, 0) is 17.6 Å². The molecule has 0 amide bonds. The van der Waals surface area contributed by atoms with E-state index in [1.807, 2.05) is 18.2 Å². The van der Waals surface area contributed by atoms with E-state index in [2.05, 4.69) is 4.98 Å². The summed E-state index contributed by atoms with van der Waals surface area (Å²) in [6, 6.07) is 8.93. The van der Waals surface area contributed by atoms with Crippen molar-refractivity contribution in [2.75, 3.05) is 0 Å². The zero-order chi connectivity index (χ0) is 9.26. The molecule has 2 aromatic rings. The second-order valence-corrected chi connectivity index (χ2v) is 2.83. The Hall–Kier alpha value is -1.39. The van der Waals surface area contributed by atoms with Crippen LogP contribution in [0.3, 0.4) is 0 Å². The van der Waals surface area contributed by atoms with E-state index in [0.29, 0.717) is 5.46 Å². The summed E-state index contributed by atoms with van der Waals surface area (Å²) in [5, 5.41) is 18.8. The fourth-order valence-corrected chi connectivity index (χ4v) is 1.24. The van der Waals surface area contributed by atoms with Crippen LogP contribution >= 0.6 is 0 Å². The van der Waals surface area contributed by atoms with Crippen LogP contribution in [-0.2, 0) is 0 Å². The second kappa shape index (κ2) is 3.16. The van der Waals surface area contributed by atoms with Crippen molar-refractivity contribution in [1.82, 2.24) is 4.98 Å². The highest BCUT2D eigenvalue weighted by Gasteiger charge is 2.10. The van der Waals surface area contributed by atoms with E-state index >= 15 is 0 Å². The summed E-state index contributed by atoms with van der Waals surface area (Å²) in [7, 11) is -1.42. The van der Waals surface area contributed by atoms with Gasteiger partial charge in [0.15, 0.2) is 0 Å². The zero-order valence-corrected chi connectivity index (χ0v) is 6.88. The third-order valence-corrected chi connectivity index (χ3v) is 1.93. The molecular formula is C9H8BNO2. The molecule has 0 aliphatic rings. The van der Waals surface area contributed by atoms with Crippen molar-refractivity contribution in [3.8, 4) is 0 Å². The van der Waals surface area contributed by atoms with Gasteiger partial charge in [-0.3, -0.25) is 4.98 Å². The molecular weight excluding hydrogens is 165 g/mol. The lowest BCUT2D eigenvalue weighted by Gasteiger charge is -2.00. The normalized spacial score (nSPS) is 10.3. The van der Waals surface area contributed by atoms with Crippen LogP contribution < -0.4 is 5.46 Å². The van der Waals surface area contributed by atoms with Crippen LogP contribution in [-0.4, -0.2) is 22.2 Å². The summed E-state index contributed by atoms with van der Waals surface area (Å²) in [6.07, 6.45) is 1.68. The number of fused-ring (bicyclic) bond motifs is 1. The molecule has 64 valence electrons. The Balaban J connectivity index is 2.62. The molecule has 2 rings (SSSR count). The average Bonchev–Trinajstić information content (AvgIpc) is 2.17. The number of hydrogen-bond donors (Lipinski definition) is 2. The first-order valence-electron chi connectivity index (χ1n) is 3.98. The van der Waals surface area contributed by atoms with Gasteiger partial charge >= 0.3 is 7.12 Å². The Labute approximate surface area is 75.8 Å². The number of benzene rings is 1. The van der Waals surface area contributed by atoms with Crippen molar-refractivity contribution in [3.05, 3.63) is 36.5 Å². The van der Waals surface area contributed by atoms with Crippen LogP contribution in [0.2, 0.25) is 0 Å². The smallest absolute Gasteiger partial charge is 0.423 e. The molecule has 4 heteroatoms. The summed E-state index contributed by atoms with van der Waals surface area (Å²) in [5.41, 5.74) is 1.24. The molecule has 0 saturated carbocycles. The summed E-state index contributed by atoms with van der Waals surface area (Å²) in [5.74, 6) is 0. The first-order valence-corrected chi connectivity index (χ1v) is 3.98. The van der Waals surface area contributed by atoms with Crippen molar-refractivity contribution >= 4 is 23.5 Å². The minimum atomic E-state index is -1.42. The fraction of sp³-hybridized carbons (Fsp3) is 0. The molecule has 0 saturated heterocycles. The zero-order valence-electron chi connectivity index (χ0n) is 6.88. The van der Waals surface area contributed by atoms with Gasteiger partial charge < -0.3 is 10.0 Å². The number of hydrogen-bond acceptors (Lipinski definition) is 3. The van der Waals surface area contributed by atoms with Crippen LogP contribution in [0.25, 0.3) is 10.9 Å². The van der Waals surface area contributed by atoms with Crippen LogP contribution in [0.4, 0.5) is 0 Å². The summed E-state index contributed by atoms with van der Waals surface area (Å²) < 4.78 is 0. The van der Waals surface area contributed by atoms with Gasteiger partial charge in [-0.2, -0.15) is 0 Å². The SMILES string of the molecule is OB(O)c1ccc2cccnc2c1. The van der Waals surface area contributed by atoms with Gasteiger partial charge in [0.2, 0.25) is 0 Å². The molecule has 0 aliphatic heterocycles. The predicted octanol–water partition coefficient (Wildman–Crippen LogP) is -0.0854. The molecule has 0 bridgehead atoms. The highest BCUT2D eigenvalue weighted by Crippen LogP contribution is 2.07. The molecule has 0 radical (unpaired) electrons. The quantitative estimate of drug-likeness (QED) is 0.592. The van der Waals surface area contributed by atoms with Gasteiger partial charge in [0.05, 0.1) is 5.52 Å². The Morgan fingerprint density at radius 2 is 2.00 bits per heavy atom. The molecule has 0 atom stereocenters. The maximum absolute atomic E-state index is 8.91. The summed E-state index contributed by atoms with van der Waals surface area (Å²) in [6.45, 7) is 0. The van der Waals surface area contributed by atoms with E-state index in [9.17, 15) is 0 Å². The topological polar surface area (TPSA) is 53.4 Å². The lowest BCUT2D eigenvalue weighted by atomic mass is 9.80. The highest BCUT2D eigenvalue weighted by atomic mass is 16.4. The Morgan fingerprint density at radius 3 is 2.77 bits per heavy atom. The highest BCUT2D eigenvalue weighted by molar-refractivity contribution is 6.58. The number of aromatic nitrogens is 1. The monoisotopic (exact) mass is 173 g/mol. The van der Waals surface area contributed by atoms with Crippen molar-refractivity contribution in [2.45, 2.75) is 0 Å². The third kappa shape index (κ3) is 1.54. The first kappa shape index (κ1) is 8.22. The van der Waals surface area contributed by atoms with E-state index in [4.69, 9.17) is 10.0 Å². The van der Waals surface area contributed by atoms with Gasteiger partial charge in [-0.15, -0.1) is 0 Å². The average molecular weight is 173 g/mol. The van der Waals surface area contributed by atoms with Crippen molar-refractivity contribution < 1.29 is 10.0 Å². The van der Waals surface area contributed by atoms with E-state index in [1.165, 1.54) is 0 Å². The molecule has 0 spiro atoms. The van der Waals surface area contributed by atoms with Crippen LogP contribution in [0.15, 0.2) is 36.5 Å². The minimum Gasteiger partial charge on any atom is -0.423 e. The number of rotatable bonds is 1. The lowest BCUT2D eigenvalue weighted by Crippen LogP contribution is -2.29. The minimum absolute atomic E-state index is 0.464. The fourth-order valence-electron chi connectivity index (χ4n) is 1.24. The number of pyridine rings is 1. The van der Waals surface area contributed by atoms with Gasteiger partial charge in [-0.1, -0.05) is 18.2 Å². The van der Waals surface area contributed by atoms with Crippen molar-refractivity contribution in [3.63, 3.8) is 0 Å². The molecule has 0 fully saturated rings. The van der Waals surface area contributed by atoms with Gasteiger partial charge in [0.25, 0.3) is 0 Å². The second-order valence-electron chi connectivity index (χ2n) is 2.83. The van der Waals surface area contributed by atoms with Gasteiger partial charge in [0.1, 0.15) is 0 Å². The molecule has 3 nitrogen and oxygen atoms in total. The number of nitrogens with zero attached hydrogens (tertiary/aromatic N) is 1. The van der Waals surface area contributed by atoms with Crippen LogP contribution in [0.1, 0.15) is 0 Å². The third-order valence-electron chi connectivity index (χ3n) is 1.93. The van der Waals surface area contributed by atoms with E-state index in [0.717, 1.165) is 10.9 Å². The molecule has 1 heterocycles. The van der Waals surface area contributed by atoms with Gasteiger partial charge in [0, 0.05) is 11.6 Å². The largest absolute Gasteiger partial charge is 0.488 e. The molecule has 0 unspecified atom stereocenters. The standard InChI is InChI=1S/C9H8BNO2/c12-10(13)8-4-3-7-2-1-5-11-9(7)6-8/h1-6,12-13H. The van der Waals surface area contributed by atoms with E-state index in [1.54, 1.807) is 18.3 Å². The van der Waals surface area contributed by atoms with Gasteiger partial charge in [-0.25, -0.2) is 0 Å². The van der Waals surface area contributed by atoms with E-state index in [-0.39, 0.29) is 0 Å². The molecule has 13 heavy (non-hydrogen) atoms. The predicted molar refractivity (Wildman–Crippen MR) is 51.6 cm³/mol. The summed E-state index contributed by atoms with van der Waals surface area (Å²) >= 11 is 0. The molecule has 0 aliphatic carbocycles. The molecule has 1 aromatic heterocycles. The summed E-state index contributed by atoms with van der Waals surface area (Å²) in [4.78, 5) is 4.10. The van der Waals surface area contributed by atoms with Crippen molar-refractivity contribution in [1.29, 1.82) is 0 Å².